The van der Waals surface area contributed by atoms with Gasteiger partial charge in [-0.05, 0) is 12.8 Å². The van der Waals surface area contributed by atoms with Crippen molar-refractivity contribution >= 4 is 6.08 Å². The predicted octanol–water partition coefficient (Wildman–Crippen LogP) is 1.26. The second-order valence-electron chi connectivity index (χ2n) is 2.58. The zero-order valence-electron chi connectivity index (χ0n) is 6.38. The Kier molecular flexibility index (Phi) is 3.02. The number of isocyanates is 1. The first-order valence-electron chi connectivity index (χ1n) is 3.69. The molecule has 0 aromatic heterocycles. The molecule has 1 aliphatic heterocycles. The van der Waals surface area contributed by atoms with E-state index in [-0.39, 0.29) is 0 Å². The molecule has 0 atom stereocenters. The molecular formula is C8H11NO2. The number of hydrogen-bond acceptors (Lipinski definition) is 3. The van der Waals surface area contributed by atoms with Crippen molar-refractivity contribution in [2.24, 2.45) is 10.9 Å². The van der Waals surface area contributed by atoms with Crippen LogP contribution in [-0.2, 0) is 9.53 Å². The van der Waals surface area contributed by atoms with E-state index in [1.807, 2.05) is 0 Å². The first-order chi connectivity index (χ1) is 5.34. The molecule has 0 saturated carbocycles. The topological polar surface area (TPSA) is 38.7 Å². The lowest BCUT2D eigenvalue weighted by atomic mass is 9.98. The molecule has 1 rings (SSSR count). The molecule has 0 aromatic rings. The summed E-state index contributed by atoms with van der Waals surface area (Å²) in [4.78, 5) is 13.4. The van der Waals surface area contributed by atoms with Crippen LogP contribution in [0.1, 0.15) is 12.8 Å². The van der Waals surface area contributed by atoms with E-state index < -0.39 is 0 Å². The highest BCUT2D eigenvalue weighted by molar-refractivity contribution is 5.36. The lowest BCUT2D eigenvalue weighted by Gasteiger charge is -2.20. The third kappa shape index (κ3) is 2.30. The maximum Gasteiger partial charge on any atom is 0.240 e. The Morgan fingerprint density at radius 2 is 2.18 bits per heavy atom. The Morgan fingerprint density at radius 1 is 1.55 bits per heavy atom. The van der Waals surface area contributed by atoms with Crippen LogP contribution in [0.5, 0.6) is 0 Å². The minimum absolute atomic E-state index is 0.324. The molecule has 0 amide bonds. The van der Waals surface area contributed by atoms with Crippen LogP contribution in [-0.4, -0.2) is 19.3 Å². The maximum atomic E-state index is 9.87. The molecular weight excluding hydrogens is 142 g/mol. The van der Waals surface area contributed by atoms with Gasteiger partial charge in [0.15, 0.2) is 0 Å². The van der Waals surface area contributed by atoms with Gasteiger partial charge in [0.05, 0.1) is 0 Å². The van der Waals surface area contributed by atoms with Gasteiger partial charge in [0.2, 0.25) is 6.08 Å². The van der Waals surface area contributed by atoms with E-state index in [1.54, 1.807) is 0 Å². The van der Waals surface area contributed by atoms with Crippen molar-refractivity contribution in [1.82, 2.24) is 0 Å². The number of hydrogen-bond donors (Lipinski definition) is 0. The van der Waals surface area contributed by atoms with Crippen molar-refractivity contribution in [3.8, 4) is 0 Å². The number of rotatable bonds is 2. The van der Waals surface area contributed by atoms with Crippen LogP contribution in [0.3, 0.4) is 0 Å². The number of allylic oxidation sites excluding steroid dienone is 1. The van der Waals surface area contributed by atoms with Crippen molar-refractivity contribution in [2.45, 2.75) is 12.8 Å². The highest BCUT2D eigenvalue weighted by atomic mass is 16.5. The molecule has 0 unspecified atom stereocenters. The lowest BCUT2D eigenvalue weighted by molar-refractivity contribution is 0.0756. The third-order valence-electron chi connectivity index (χ3n) is 1.88. The van der Waals surface area contributed by atoms with Crippen molar-refractivity contribution in [3.63, 3.8) is 0 Å². The Balaban J connectivity index is 2.44. The molecule has 0 radical (unpaired) electrons. The normalized spacial score (nSPS) is 18.9. The van der Waals surface area contributed by atoms with Crippen molar-refractivity contribution in [2.75, 3.05) is 13.2 Å². The second-order valence-corrected chi connectivity index (χ2v) is 2.58. The highest BCUT2D eigenvalue weighted by Crippen LogP contribution is 2.21. The van der Waals surface area contributed by atoms with Gasteiger partial charge in [-0.1, -0.05) is 6.58 Å². The van der Waals surface area contributed by atoms with Crippen LogP contribution in [0.15, 0.2) is 17.3 Å². The van der Waals surface area contributed by atoms with E-state index in [9.17, 15) is 4.79 Å². The van der Waals surface area contributed by atoms with E-state index in [2.05, 4.69) is 11.6 Å². The average Bonchev–Trinajstić information content (AvgIpc) is 2.07. The first-order valence-corrected chi connectivity index (χ1v) is 3.69. The zero-order chi connectivity index (χ0) is 8.10. The van der Waals surface area contributed by atoms with Gasteiger partial charge in [-0.3, -0.25) is 0 Å². The fraction of sp³-hybridized carbons (Fsp3) is 0.625. The van der Waals surface area contributed by atoms with Crippen LogP contribution in [0, 0.1) is 5.92 Å². The van der Waals surface area contributed by atoms with E-state index in [0.29, 0.717) is 11.6 Å². The van der Waals surface area contributed by atoms with Crippen molar-refractivity contribution < 1.29 is 9.53 Å². The Morgan fingerprint density at radius 3 is 2.73 bits per heavy atom. The minimum Gasteiger partial charge on any atom is -0.381 e. The molecule has 3 nitrogen and oxygen atoms in total. The molecule has 1 saturated heterocycles. The predicted molar refractivity (Wildman–Crippen MR) is 40.8 cm³/mol. The van der Waals surface area contributed by atoms with Gasteiger partial charge in [0.1, 0.15) is 0 Å². The molecule has 0 spiro atoms. The average molecular weight is 153 g/mol. The Labute approximate surface area is 65.8 Å². The largest absolute Gasteiger partial charge is 0.381 e. The van der Waals surface area contributed by atoms with Crippen LogP contribution in [0.2, 0.25) is 0 Å². The zero-order valence-corrected chi connectivity index (χ0v) is 6.38. The summed E-state index contributed by atoms with van der Waals surface area (Å²) in [5, 5.41) is 0. The molecule has 0 N–H and O–H groups in total. The molecule has 60 valence electrons. The van der Waals surface area contributed by atoms with E-state index in [4.69, 9.17) is 4.74 Å². The van der Waals surface area contributed by atoms with Gasteiger partial charge in [-0.15, -0.1) is 0 Å². The number of ether oxygens (including phenoxy) is 1. The van der Waals surface area contributed by atoms with Crippen molar-refractivity contribution in [1.29, 1.82) is 0 Å². The molecule has 11 heavy (non-hydrogen) atoms. The smallest absolute Gasteiger partial charge is 0.240 e. The summed E-state index contributed by atoms with van der Waals surface area (Å²) in [6.45, 7) is 5.18. The minimum atomic E-state index is 0.324. The molecule has 1 fully saturated rings. The fourth-order valence-electron chi connectivity index (χ4n) is 1.18. The molecule has 0 aromatic carbocycles. The van der Waals surface area contributed by atoms with E-state index in [1.165, 1.54) is 6.08 Å². The van der Waals surface area contributed by atoms with Crippen LogP contribution in [0.25, 0.3) is 0 Å². The van der Waals surface area contributed by atoms with Gasteiger partial charge >= 0.3 is 0 Å². The van der Waals surface area contributed by atoms with Gasteiger partial charge < -0.3 is 4.74 Å². The Bertz CT molecular complexity index is 188. The van der Waals surface area contributed by atoms with E-state index >= 15 is 0 Å². The standard InChI is InChI=1S/C8H11NO2/c1-7(9-6-10)8-2-4-11-5-3-8/h8H,1-5H2. The summed E-state index contributed by atoms with van der Waals surface area (Å²) >= 11 is 0. The van der Waals surface area contributed by atoms with Gasteiger partial charge in [0, 0.05) is 24.8 Å². The number of nitrogens with zero attached hydrogens (tertiary/aromatic N) is 1. The molecule has 0 bridgehead atoms. The Hall–Kier alpha value is -0.920. The van der Waals surface area contributed by atoms with Crippen LogP contribution < -0.4 is 0 Å². The van der Waals surface area contributed by atoms with Crippen LogP contribution in [0.4, 0.5) is 0 Å². The second kappa shape index (κ2) is 4.06. The first kappa shape index (κ1) is 8.18. The monoisotopic (exact) mass is 153 g/mol. The lowest BCUT2D eigenvalue weighted by Crippen LogP contribution is -2.16. The summed E-state index contributed by atoms with van der Waals surface area (Å²) in [7, 11) is 0. The maximum absolute atomic E-state index is 9.87. The summed E-state index contributed by atoms with van der Waals surface area (Å²) in [5.41, 5.74) is 0.642. The van der Waals surface area contributed by atoms with E-state index in [0.717, 1.165) is 26.1 Å². The molecule has 1 aliphatic rings. The summed E-state index contributed by atoms with van der Waals surface area (Å²) in [6.07, 6.45) is 3.34. The summed E-state index contributed by atoms with van der Waals surface area (Å²) in [6, 6.07) is 0. The van der Waals surface area contributed by atoms with Gasteiger partial charge in [-0.2, -0.15) is 4.99 Å². The summed E-state index contributed by atoms with van der Waals surface area (Å²) in [5.74, 6) is 0.324. The van der Waals surface area contributed by atoms with Crippen LogP contribution >= 0.6 is 0 Å². The molecule has 1 heterocycles. The van der Waals surface area contributed by atoms with Gasteiger partial charge in [0.25, 0.3) is 0 Å². The quantitative estimate of drug-likeness (QED) is 0.442. The molecule has 0 aliphatic carbocycles. The SMILES string of the molecule is C=C(N=C=O)C1CCOCC1. The summed E-state index contributed by atoms with van der Waals surface area (Å²) < 4.78 is 5.15. The highest BCUT2D eigenvalue weighted by Gasteiger charge is 2.15. The number of carbonyl (C=O) groups excluding carboxylic acids is 1. The third-order valence-corrected chi connectivity index (χ3v) is 1.88. The molecule has 3 heteroatoms. The number of aliphatic imine (C=N–C) groups is 1. The fourth-order valence-corrected chi connectivity index (χ4v) is 1.18. The van der Waals surface area contributed by atoms with Crippen molar-refractivity contribution in [3.05, 3.63) is 12.3 Å². The van der Waals surface area contributed by atoms with Gasteiger partial charge in [-0.25, -0.2) is 4.79 Å².